The first kappa shape index (κ1) is 4.13. The van der Waals surface area contributed by atoms with Crippen LogP contribution in [0.2, 0.25) is 0 Å². The van der Waals surface area contributed by atoms with Gasteiger partial charge in [0.25, 0.3) is 0 Å². The van der Waals surface area contributed by atoms with Gasteiger partial charge in [-0.2, -0.15) is 0 Å². The molecular weight excluding hydrogens is 120 g/mol. The molecule has 5 bridgehead atoms. The van der Waals surface area contributed by atoms with E-state index in [1.165, 1.54) is 47.3 Å². The molecule has 52 valence electrons. The average molecular weight is 132 g/mol. The number of rotatable bonds is 0. The molecule has 0 N–H and O–H groups in total. The van der Waals surface area contributed by atoms with Crippen molar-refractivity contribution in [1.29, 1.82) is 0 Å². The van der Waals surface area contributed by atoms with Crippen LogP contribution in [0.4, 0.5) is 0 Å². The van der Waals surface area contributed by atoms with Crippen LogP contribution >= 0.6 is 0 Å². The maximum atomic E-state index is 1.64. The number of hydrogen-bond donors (Lipinski definition) is 0. The molecule has 10 heavy (non-hydrogen) atoms. The van der Waals surface area contributed by atoms with Crippen LogP contribution in [0.1, 0.15) is 12.8 Å². The molecule has 0 aromatic carbocycles. The van der Waals surface area contributed by atoms with Crippen molar-refractivity contribution in [1.82, 2.24) is 0 Å². The van der Waals surface area contributed by atoms with Gasteiger partial charge in [0.15, 0.2) is 0 Å². The standard InChI is InChI=1S/C10H12/c1-2-4-5-3(1)6-7(4)10-8(5)9(6)10/h3-10H,1-2H2/t3-,4+,5?,6-,7-,8?,9-,10-/m1/s1. The molecule has 0 aromatic rings. The minimum absolute atomic E-state index is 1.27. The summed E-state index contributed by atoms with van der Waals surface area (Å²) in [5.74, 6) is 10.4. The SMILES string of the molecule is C1C[C@H]2C3C4[C@@H]5[C@@H]4[C@H]2[C@H]5[C@H]13. The Balaban J connectivity index is 1.90. The van der Waals surface area contributed by atoms with Gasteiger partial charge in [0.1, 0.15) is 0 Å². The maximum Gasteiger partial charge on any atom is -0.0312 e. The summed E-state index contributed by atoms with van der Waals surface area (Å²) >= 11 is 0. The summed E-state index contributed by atoms with van der Waals surface area (Å²) in [7, 11) is 0. The van der Waals surface area contributed by atoms with Gasteiger partial charge in [0.05, 0.1) is 0 Å². The third kappa shape index (κ3) is 0.177. The minimum Gasteiger partial charge on any atom is -0.0496 e. The van der Waals surface area contributed by atoms with E-state index < -0.39 is 0 Å². The fourth-order valence-electron chi connectivity index (χ4n) is 5.99. The molecule has 6 aliphatic carbocycles. The van der Waals surface area contributed by atoms with Crippen molar-refractivity contribution in [2.24, 2.45) is 47.3 Å². The van der Waals surface area contributed by atoms with Gasteiger partial charge in [0, 0.05) is 0 Å². The molecule has 0 heteroatoms. The molecule has 0 saturated heterocycles. The fourth-order valence-corrected chi connectivity index (χ4v) is 5.99. The molecule has 6 aliphatic rings. The van der Waals surface area contributed by atoms with E-state index in [9.17, 15) is 0 Å². The second kappa shape index (κ2) is 0.852. The van der Waals surface area contributed by atoms with Crippen LogP contribution < -0.4 is 0 Å². The minimum atomic E-state index is 1.27. The molecule has 0 heterocycles. The second-order valence-corrected chi connectivity index (χ2v) is 5.37. The topological polar surface area (TPSA) is 0 Å². The predicted octanol–water partition coefficient (Wildman–Crippen LogP) is 1.76. The summed E-state index contributed by atoms with van der Waals surface area (Å²) < 4.78 is 0. The summed E-state index contributed by atoms with van der Waals surface area (Å²) in [5, 5.41) is 0. The highest BCUT2D eigenvalue weighted by atomic mass is 14.9. The summed E-state index contributed by atoms with van der Waals surface area (Å²) in [6.45, 7) is 0. The molecule has 0 aliphatic heterocycles. The van der Waals surface area contributed by atoms with Gasteiger partial charge in [-0.1, -0.05) is 0 Å². The van der Waals surface area contributed by atoms with Gasteiger partial charge >= 0.3 is 0 Å². The van der Waals surface area contributed by atoms with Crippen molar-refractivity contribution >= 4 is 0 Å². The first-order valence-electron chi connectivity index (χ1n) is 4.98. The van der Waals surface area contributed by atoms with Crippen molar-refractivity contribution < 1.29 is 0 Å². The number of hydrogen-bond acceptors (Lipinski definition) is 0. The lowest BCUT2D eigenvalue weighted by molar-refractivity contribution is 0.0851. The van der Waals surface area contributed by atoms with Crippen molar-refractivity contribution in [2.45, 2.75) is 12.8 Å². The Morgan fingerprint density at radius 3 is 1.40 bits per heavy atom. The van der Waals surface area contributed by atoms with Crippen LogP contribution in [0, 0.1) is 47.3 Å². The van der Waals surface area contributed by atoms with E-state index in [1.807, 2.05) is 0 Å². The van der Waals surface area contributed by atoms with Crippen LogP contribution in [0.5, 0.6) is 0 Å². The zero-order valence-corrected chi connectivity index (χ0v) is 6.03. The summed E-state index contributed by atoms with van der Waals surface area (Å²) in [6.07, 6.45) is 3.27. The maximum absolute atomic E-state index is 1.64. The van der Waals surface area contributed by atoms with E-state index in [-0.39, 0.29) is 0 Å². The normalized spacial score (nSPS) is 91.2. The third-order valence-corrected chi connectivity index (χ3v) is 5.78. The quantitative estimate of drug-likeness (QED) is 0.471. The third-order valence-electron chi connectivity index (χ3n) is 5.78. The van der Waals surface area contributed by atoms with Crippen molar-refractivity contribution in [3.63, 3.8) is 0 Å². The first-order chi connectivity index (χ1) is 4.98. The van der Waals surface area contributed by atoms with E-state index in [0.29, 0.717) is 0 Å². The highest BCUT2D eigenvalue weighted by Crippen LogP contribution is 2.91. The molecule has 0 spiro atoms. The highest BCUT2D eigenvalue weighted by Gasteiger charge is 2.87. The van der Waals surface area contributed by atoms with Gasteiger partial charge in [0.2, 0.25) is 0 Å². The predicted molar refractivity (Wildman–Crippen MR) is 37.2 cm³/mol. The Hall–Kier alpha value is 0. The lowest BCUT2D eigenvalue weighted by Gasteiger charge is -2.39. The van der Waals surface area contributed by atoms with Crippen LogP contribution in [0.15, 0.2) is 0 Å². The lowest BCUT2D eigenvalue weighted by atomic mass is 9.66. The molecule has 2 unspecified atom stereocenters. The van der Waals surface area contributed by atoms with E-state index in [4.69, 9.17) is 0 Å². The van der Waals surface area contributed by atoms with Crippen LogP contribution in [0.25, 0.3) is 0 Å². The first-order valence-corrected chi connectivity index (χ1v) is 4.98. The summed E-state index contributed by atoms with van der Waals surface area (Å²) in [5.41, 5.74) is 0. The Morgan fingerprint density at radius 1 is 0.500 bits per heavy atom. The highest BCUT2D eigenvalue weighted by molar-refractivity contribution is 5.34. The zero-order valence-electron chi connectivity index (χ0n) is 6.03. The average Bonchev–Trinajstić information content (AvgIpc) is 2.37. The van der Waals surface area contributed by atoms with Gasteiger partial charge in [-0.3, -0.25) is 0 Å². The molecule has 6 fully saturated rings. The van der Waals surface area contributed by atoms with E-state index in [1.54, 1.807) is 12.8 Å². The smallest absolute Gasteiger partial charge is 0.0312 e. The molecule has 0 amide bonds. The van der Waals surface area contributed by atoms with Gasteiger partial charge in [-0.25, -0.2) is 0 Å². The molecule has 8 atom stereocenters. The van der Waals surface area contributed by atoms with Gasteiger partial charge in [-0.15, -0.1) is 0 Å². The Morgan fingerprint density at radius 2 is 1.00 bits per heavy atom. The van der Waals surface area contributed by atoms with Crippen molar-refractivity contribution in [3.05, 3.63) is 0 Å². The molecule has 0 nitrogen and oxygen atoms in total. The van der Waals surface area contributed by atoms with E-state index in [0.717, 1.165) is 0 Å². The Kier molecular flexibility index (Phi) is 0.352. The van der Waals surface area contributed by atoms with Gasteiger partial charge < -0.3 is 0 Å². The largest absolute Gasteiger partial charge is 0.0496 e. The lowest BCUT2D eigenvalue weighted by Crippen LogP contribution is -2.34. The molecule has 6 rings (SSSR count). The molecule has 6 saturated carbocycles. The monoisotopic (exact) mass is 132 g/mol. The fraction of sp³-hybridized carbons (Fsp3) is 1.00. The second-order valence-electron chi connectivity index (χ2n) is 5.37. The molecular formula is C10H12. The van der Waals surface area contributed by atoms with Crippen molar-refractivity contribution in [3.8, 4) is 0 Å². The van der Waals surface area contributed by atoms with E-state index >= 15 is 0 Å². The van der Waals surface area contributed by atoms with Crippen LogP contribution in [-0.2, 0) is 0 Å². The van der Waals surface area contributed by atoms with Crippen LogP contribution in [0.3, 0.4) is 0 Å². The Labute approximate surface area is 61.0 Å². The van der Waals surface area contributed by atoms with Gasteiger partial charge in [-0.05, 0) is 60.2 Å². The van der Waals surface area contributed by atoms with Crippen molar-refractivity contribution in [2.75, 3.05) is 0 Å². The summed E-state index contributed by atoms with van der Waals surface area (Å²) in [4.78, 5) is 0. The van der Waals surface area contributed by atoms with Crippen LogP contribution in [-0.4, -0.2) is 0 Å². The summed E-state index contributed by atoms with van der Waals surface area (Å²) in [6, 6.07) is 0. The molecule has 0 aromatic heterocycles. The molecule has 0 radical (unpaired) electrons. The zero-order chi connectivity index (χ0) is 6.03. The van der Waals surface area contributed by atoms with E-state index in [2.05, 4.69) is 0 Å². The Bertz CT molecular complexity index is 216.